The Balaban J connectivity index is 2.23. The molecule has 1 saturated heterocycles. The van der Waals surface area contributed by atoms with E-state index in [4.69, 9.17) is 5.26 Å². The maximum absolute atomic E-state index is 11.8. The average molecular weight is 243 g/mol. The monoisotopic (exact) mass is 243 g/mol. The van der Waals surface area contributed by atoms with Crippen LogP contribution in [0.1, 0.15) is 17.5 Å². The zero-order chi connectivity index (χ0) is 13.3. The van der Waals surface area contributed by atoms with Crippen LogP contribution in [-0.4, -0.2) is 29.8 Å². The summed E-state index contributed by atoms with van der Waals surface area (Å²) in [7, 11) is 1.48. The van der Waals surface area contributed by atoms with Crippen molar-refractivity contribution in [3.8, 4) is 6.07 Å². The molecule has 0 aliphatic carbocycles. The van der Waals surface area contributed by atoms with Crippen molar-refractivity contribution in [1.29, 1.82) is 5.26 Å². The van der Waals surface area contributed by atoms with Crippen LogP contribution in [0.15, 0.2) is 18.2 Å². The first-order chi connectivity index (χ1) is 8.52. The summed E-state index contributed by atoms with van der Waals surface area (Å²) in [6.45, 7) is 1.88. The molecule has 1 atom stereocenters. The smallest absolute Gasteiger partial charge is 0.251 e. The first-order valence-electron chi connectivity index (χ1n) is 5.60. The molecule has 18 heavy (non-hydrogen) atoms. The van der Waals surface area contributed by atoms with Gasteiger partial charge in [-0.15, -0.1) is 0 Å². The summed E-state index contributed by atoms with van der Waals surface area (Å²) in [6, 6.07) is 6.73. The summed E-state index contributed by atoms with van der Waals surface area (Å²) < 4.78 is 0. The van der Waals surface area contributed by atoms with Gasteiger partial charge in [0.1, 0.15) is 6.04 Å². The van der Waals surface area contributed by atoms with Gasteiger partial charge in [-0.3, -0.25) is 14.5 Å². The van der Waals surface area contributed by atoms with Gasteiger partial charge in [0, 0.05) is 12.7 Å². The van der Waals surface area contributed by atoms with E-state index in [-0.39, 0.29) is 18.2 Å². The van der Waals surface area contributed by atoms with E-state index < -0.39 is 6.04 Å². The fourth-order valence-corrected chi connectivity index (χ4v) is 1.90. The van der Waals surface area contributed by atoms with Gasteiger partial charge in [-0.25, -0.2) is 0 Å². The fraction of sp³-hybridized carbons (Fsp3) is 0.308. The normalized spacial score (nSPS) is 18.9. The Kier molecular flexibility index (Phi) is 3.02. The third-order valence-corrected chi connectivity index (χ3v) is 3.08. The minimum atomic E-state index is -0.532. The quantitative estimate of drug-likeness (QED) is 0.787. The molecule has 1 aromatic rings. The van der Waals surface area contributed by atoms with Crippen molar-refractivity contribution in [1.82, 2.24) is 4.90 Å². The van der Waals surface area contributed by atoms with Crippen molar-refractivity contribution >= 4 is 17.5 Å². The van der Waals surface area contributed by atoms with Crippen LogP contribution in [0.5, 0.6) is 0 Å². The number of hydrogen-bond acceptors (Lipinski definition) is 4. The van der Waals surface area contributed by atoms with E-state index in [1.54, 1.807) is 12.1 Å². The van der Waals surface area contributed by atoms with Gasteiger partial charge in [0.25, 0.3) is 5.91 Å². The number of carbonyl (C=O) groups is 2. The molecule has 0 saturated carbocycles. The molecule has 0 radical (unpaired) electrons. The largest absolute Gasteiger partial charge is 0.373 e. The number of likely N-dealkylation sites (tertiary alicyclic amines) is 1. The van der Waals surface area contributed by atoms with Crippen LogP contribution in [0.25, 0.3) is 0 Å². The maximum atomic E-state index is 11.8. The van der Waals surface area contributed by atoms with E-state index >= 15 is 0 Å². The second-order valence-corrected chi connectivity index (χ2v) is 4.33. The van der Waals surface area contributed by atoms with Gasteiger partial charge in [-0.05, 0) is 24.6 Å². The standard InChI is InChI=1S/C13H13N3O2/c1-8-3-4-9(7-14)5-10(8)15-11-6-12(17)16(2)13(11)18/h3-5,11,15H,6H2,1-2H3. The Morgan fingerprint density at radius 2 is 2.17 bits per heavy atom. The molecular weight excluding hydrogens is 230 g/mol. The maximum Gasteiger partial charge on any atom is 0.251 e. The Labute approximate surface area is 105 Å². The number of benzene rings is 1. The summed E-state index contributed by atoms with van der Waals surface area (Å²) in [5.41, 5.74) is 2.17. The van der Waals surface area contributed by atoms with Gasteiger partial charge in [0.15, 0.2) is 0 Å². The van der Waals surface area contributed by atoms with Crippen molar-refractivity contribution in [2.24, 2.45) is 0 Å². The van der Waals surface area contributed by atoms with Crippen LogP contribution < -0.4 is 5.32 Å². The van der Waals surface area contributed by atoms with Crippen LogP contribution in [0.4, 0.5) is 5.69 Å². The summed E-state index contributed by atoms with van der Waals surface area (Å²) in [5.74, 6) is -0.423. The molecule has 5 heteroatoms. The van der Waals surface area contributed by atoms with E-state index in [2.05, 4.69) is 5.32 Å². The van der Waals surface area contributed by atoms with Crippen molar-refractivity contribution in [3.05, 3.63) is 29.3 Å². The second kappa shape index (κ2) is 4.49. The van der Waals surface area contributed by atoms with Gasteiger partial charge >= 0.3 is 0 Å². The Morgan fingerprint density at radius 1 is 1.44 bits per heavy atom. The second-order valence-electron chi connectivity index (χ2n) is 4.33. The van der Waals surface area contributed by atoms with Crippen LogP contribution in [-0.2, 0) is 9.59 Å². The number of nitrogens with zero attached hydrogens (tertiary/aromatic N) is 2. The molecule has 92 valence electrons. The highest BCUT2D eigenvalue weighted by atomic mass is 16.2. The lowest BCUT2D eigenvalue weighted by molar-refractivity contribution is -0.136. The fourth-order valence-electron chi connectivity index (χ4n) is 1.90. The Morgan fingerprint density at radius 3 is 2.72 bits per heavy atom. The summed E-state index contributed by atoms with van der Waals surface area (Å²) in [5, 5.41) is 11.9. The van der Waals surface area contributed by atoms with Crippen LogP contribution in [0.3, 0.4) is 0 Å². The predicted octanol–water partition coefficient (Wildman–Crippen LogP) is 1.04. The molecule has 0 aromatic heterocycles. The minimum Gasteiger partial charge on any atom is -0.373 e. The molecule has 1 unspecified atom stereocenters. The molecule has 0 bridgehead atoms. The number of nitriles is 1. The van der Waals surface area contributed by atoms with E-state index in [9.17, 15) is 9.59 Å². The highest BCUT2D eigenvalue weighted by Gasteiger charge is 2.36. The number of imide groups is 1. The predicted molar refractivity (Wildman–Crippen MR) is 65.7 cm³/mol. The lowest BCUT2D eigenvalue weighted by Crippen LogP contribution is -2.32. The summed E-state index contributed by atoms with van der Waals surface area (Å²) in [4.78, 5) is 24.3. The molecule has 5 nitrogen and oxygen atoms in total. The number of amides is 2. The zero-order valence-electron chi connectivity index (χ0n) is 10.2. The van der Waals surface area contributed by atoms with Crippen molar-refractivity contribution in [2.75, 3.05) is 12.4 Å². The molecule has 1 N–H and O–H groups in total. The molecule has 2 rings (SSSR count). The highest BCUT2D eigenvalue weighted by molar-refractivity contribution is 6.06. The molecule has 1 aliphatic heterocycles. The molecule has 0 spiro atoms. The Hall–Kier alpha value is -2.35. The van der Waals surface area contributed by atoms with E-state index in [1.807, 2.05) is 19.1 Å². The topological polar surface area (TPSA) is 73.2 Å². The average Bonchev–Trinajstić information content (AvgIpc) is 2.60. The summed E-state index contributed by atoms with van der Waals surface area (Å²) >= 11 is 0. The number of rotatable bonds is 2. The molecule has 1 aliphatic rings. The SMILES string of the molecule is Cc1ccc(C#N)cc1NC1CC(=O)N(C)C1=O. The highest BCUT2D eigenvalue weighted by Crippen LogP contribution is 2.21. The first kappa shape index (κ1) is 12.1. The molecule has 2 amide bonds. The first-order valence-corrected chi connectivity index (χ1v) is 5.60. The number of hydrogen-bond donors (Lipinski definition) is 1. The van der Waals surface area contributed by atoms with E-state index in [0.29, 0.717) is 5.56 Å². The van der Waals surface area contributed by atoms with Crippen LogP contribution >= 0.6 is 0 Å². The van der Waals surface area contributed by atoms with Gasteiger partial charge in [0.2, 0.25) is 5.91 Å². The summed E-state index contributed by atoms with van der Waals surface area (Å²) in [6.07, 6.45) is 0.158. The molecule has 1 fully saturated rings. The van der Waals surface area contributed by atoms with Gasteiger partial charge in [-0.2, -0.15) is 5.26 Å². The van der Waals surface area contributed by atoms with Crippen molar-refractivity contribution in [3.63, 3.8) is 0 Å². The Bertz CT molecular complexity index is 560. The van der Waals surface area contributed by atoms with Crippen molar-refractivity contribution in [2.45, 2.75) is 19.4 Å². The number of carbonyl (C=O) groups excluding carboxylic acids is 2. The number of likely N-dealkylation sites (N-methyl/N-ethyl adjacent to an activating group) is 1. The van der Waals surface area contributed by atoms with Gasteiger partial charge in [-0.1, -0.05) is 6.07 Å². The zero-order valence-corrected chi connectivity index (χ0v) is 10.2. The molecule has 1 heterocycles. The van der Waals surface area contributed by atoms with Gasteiger partial charge < -0.3 is 5.32 Å². The lowest BCUT2D eigenvalue weighted by atomic mass is 10.1. The molecular formula is C13H13N3O2. The van der Waals surface area contributed by atoms with Crippen LogP contribution in [0, 0.1) is 18.3 Å². The molecule has 1 aromatic carbocycles. The van der Waals surface area contributed by atoms with E-state index in [1.165, 1.54) is 7.05 Å². The number of nitrogens with one attached hydrogen (secondary N) is 1. The van der Waals surface area contributed by atoms with Crippen LogP contribution in [0.2, 0.25) is 0 Å². The van der Waals surface area contributed by atoms with Crippen molar-refractivity contribution < 1.29 is 9.59 Å². The van der Waals surface area contributed by atoms with Gasteiger partial charge in [0.05, 0.1) is 18.1 Å². The number of aryl methyl sites for hydroxylation is 1. The minimum absolute atomic E-state index is 0.158. The third-order valence-electron chi connectivity index (χ3n) is 3.08. The third kappa shape index (κ3) is 2.05. The number of anilines is 1. The van der Waals surface area contributed by atoms with E-state index in [0.717, 1.165) is 16.2 Å². The lowest BCUT2D eigenvalue weighted by Gasteiger charge is -2.14.